The number of aromatic nitrogens is 2. The van der Waals surface area contributed by atoms with Crippen LogP contribution in [-0.4, -0.2) is 27.9 Å². The zero-order valence-electron chi connectivity index (χ0n) is 18.6. The van der Waals surface area contributed by atoms with Crippen LogP contribution in [0.2, 0.25) is 0 Å². The van der Waals surface area contributed by atoms with Crippen molar-refractivity contribution >= 4 is 5.91 Å². The number of carbonyl (C=O) groups is 1. The Hall–Kier alpha value is -3.28. The second-order valence-corrected chi connectivity index (χ2v) is 8.64. The number of amides is 1. The van der Waals surface area contributed by atoms with E-state index in [1.54, 1.807) is 0 Å². The van der Waals surface area contributed by atoms with Crippen LogP contribution < -0.4 is 14.8 Å². The number of para-hydroxylation sites is 1. The molecule has 31 heavy (non-hydrogen) atoms. The van der Waals surface area contributed by atoms with Crippen molar-refractivity contribution in [2.45, 2.75) is 52.8 Å². The van der Waals surface area contributed by atoms with Gasteiger partial charge in [-0.25, -0.2) is 0 Å². The van der Waals surface area contributed by atoms with Crippen molar-refractivity contribution in [1.29, 1.82) is 0 Å². The Bertz CT molecular complexity index is 1090. The van der Waals surface area contributed by atoms with Gasteiger partial charge in [0, 0.05) is 29.8 Å². The molecule has 0 saturated heterocycles. The lowest BCUT2D eigenvalue weighted by Crippen LogP contribution is -2.29. The van der Waals surface area contributed by atoms with Crippen LogP contribution in [0.15, 0.2) is 48.5 Å². The van der Waals surface area contributed by atoms with Gasteiger partial charge in [0.2, 0.25) is 0 Å². The van der Waals surface area contributed by atoms with E-state index in [4.69, 9.17) is 9.47 Å². The Morgan fingerprint density at radius 3 is 2.71 bits per heavy atom. The third-order valence-electron chi connectivity index (χ3n) is 5.58. The molecule has 0 radical (unpaired) electrons. The predicted molar refractivity (Wildman–Crippen MR) is 119 cm³/mol. The van der Waals surface area contributed by atoms with Crippen molar-refractivity contribution in [2.75, 3.05) is 6.61 Å². The van der Waals surface area contributed by atoms with E-state index in [1.807, 2.05) is 68.8 Å². The fourth-order valence-corrected chi connectivity index (χ4v) is 3.98. The first kappa shape index (κ1) is 21.0. The second-order valence-electron chi connectivity index (χ2n) is 8.64. The van der Waals surface area contributed by atoms with Crippen LogP contribution in [0, 0.1) is 13.8 Å². The van der Waals surface area contributed by atoms with E-state index in [0.29, 0.717) is 18.8 Å². The number of aryl methyl sites for hydroxylation is 1. The molecular formula is C25H29N3O3. The van der Waals surface area contributed by atoms with E-state index in [1.165, 1.54) is 5.56 Å². The maximum Gasteiger partial charge on any atom is 0.258 e. The Balaban J connectivity index is 1.35. The minimum atomic E-state index is -0.251. The van der Waals surface area contributed by atoms with Gasteiger partial charge in [-0.2, -0.15) is 5.10 Å². The monoisotopic (exact) mass is 419 g/mol. The van der Waals surface area contributed by atoms with Crippen LogP contribution in [-0.2, 0) is 24.3 Å². The van der Waals surface area contributed by atoms with Crippen molar-refractivity contribution in [3.05, 3.63) is 76.6 Å². The molecule has 2 aromatic carbocycles. The van der Waals surface area contributed by atoms with Crippen molar-refractivity contribution in [3.8, 4) is 11.5 Å². The molecule has 6 nitrogen and oxygen atoms in total. The SMILES string of the molecule is Cc1nn(Cc2ccccc2)c(C)c1CNC(=O)COc1cccc2c1OC(C)(C)C2. The van der Waals surface area contributed by atoms with E-state index in [9.17, 15) is 4.79 Å². The van der Waals surface area contributed by atoms with Gasteiger partial charge in [-0.15, -0.1) is 0 Å². The van der Waals surface area contributed by atoms with Crippen molar-refractivity contribution in [1.82, 2.24) is 15.1 Å². The third kappa shape index (κ3) is 4.74. The number of rotatable bonds is 7. The van der Waals surface area contributed by atoms with Crippen LogP contribution in [0.4, 0.5) is 0 Å². The molecule has 162 valence electrons. The van der Waals surface area contributed by atoms with Gasteiger partial charge in [0.15, 0.2) is 18.1 Å². The Kier molecular flexibility index (Phi) is 5.72. The summed E-state index contributed by atoms with van der Waals surface area (Å²) in [5, 5.41) is 7.60. The number of carbonyl (C=O) groups excluding carboxylic acids is 1. The summed E-state index contributed by atoms with van der Waals surface area (Å²) in [6.07, 6.45) is 0.831. The molecule has 1 aromatic heterocycles. The van der Waals surface area contributed by atoms with E-state index in [0.717, 1.165) is 34.7 Å². The summed E-state index contributed by atoms with van der Waals surface area (Å²) in [5.41, 5.74) is 5.07. The first-order valence-corrected chi connectivity index (χ1v) is 10.6. The minimum Gasteiger partial charge on any atom is -0.483 e. The molecule has 2 heterocycles. The zero-order valence-corrected chi connectivity index (χ0v) is 18.6. The topological polar surface area (TPSA) is 65.4 Å². The maximum atomic E-state index is 12.4. The van der Waals surface area contributed by atoms with Crippen LogP contribution >= 0.6 is 0 Å². The molecule has 1 aliphatic heterocycles. The number of nitrogens with one attached hydrogen (secondary N) is 1. The minimum absolute atomic E-state index is 0.0590. The van der Waals surface area contributed by atoms with Gasteiger partial charge in [0.1, 0.15) is 5.60 Å². The average Bonchev–Trinajstić information content (AvgIpc) is 3.19. The average molecular weight is 420 g/mol. The van der Waals surface area contributed by atoms with Gasteiger partial charge >= 0.3 is 0 Å². The molecule has 0 aliphatic carbocycles. The summed E-state index contributed by atoms with van der Waals surface area (Å²) in [6.45, 7) is 9.17. The predicted octanol–water partition coefficient (Wildman–Crippen LogP) is 3.96. The lowest BCUT2D eigenvalue weighted by atomic mass is 10.0. The first-order valence-electron chi connectivity index (χ1n) is 10.6. The summed E-state index contributed by atoms with van der Waals surface area (Å²) >= 11 is 0. The highest BCUT2D eigenvalue weighted by atomic mass is 16.5. The summed E-state index contributed by atoms with van der Waals surface area (Å²) in [6, 6.07) is 16.0. The molecule has 3 aromatic rings. The van der Waals surface area contributed by atoms with Gasteiger partial charge in [-0.1, -0.05) is 42.5 Å². The zero-order chi connectivity index (χ0) is 22.0. The molecule has 1 amide bonds. The van der Waals surface area contributed by atoms with Crippen LogP contribution in [0.1, 0.15) is 41.9 Å². The largest absolute Gasteiger partial charge is 0.483 e. The molecule has 1 aliphatic rings. The van der Waals surface area contributed by atoms with Crippen molar-refractivity contribution in [3.63, 3.8) is 0 Å². The summed E-state index contributed by atoms with van der Waals surface area (Å²) in [4.78, 5) is 12.4. The molecule has 0 saturated carbocycles. The third-order valence-corrected chi connectivity index (χ3v) is 5.58. The molecule has 0 unspecified atom stereocenters. The highest BCUT2D eigenvalue weighted by molar-refractivity contribution is 5.77. The normalized spacial score (nSPS) is 14.1. The van der Waals surface area contributed by atoms with Gasteiger partial charge in [-0.3, -0.25) is 9.48 Å². The second kappa shape index (κ2) is 8.46. The molecule has 6 heteroatoms. The lowest BCUT2D eigenvalue weighted by Gasteiger charge is -2.18. The summed E-state index contributed by atoms with van der Waals surface area (Å²) in [7, 11) is 0. The summed E-state index contributed by atoms with van der Waals surface area (Å²) in [5.74, 6) is 1.18. The number of fused-ring (bicyclic) bond motifs is 1. The maximum absolute atomic E-state index is 12.4. The standard InChI is InChI=1S/C25H29N3O3/c1-17-21(18(2)28(27-17)15-19-9-6-5-7-10-19)14-26-23(29)16-30-22-12-8-11-20-13-25(3,4)31-24(20)22/h5-12H,13-16H2,1-4H3,(H,26,29). The van der Waals surface area contributed by atoms with E-state index >= 15 is 0 Å². The molecule has 1 N–H and O–H groups in total. The van der Waals surface area contributed by atoms with Gasteiger partial charge in [0.05, 0.1) is 12.2 Å². The fraction of sp³-hybridized carbons (Fsp3) is 0.360. The molecule has 0 bridgehead atoms. The number of nitrogens with zero attached hydrogens (tertiary/aromatic N) is 2. The molecule has 0 fully saturated rings. The Labute approximate surface area is 183 Å². The van der Waals surface area contributed by atoms with E-state index in [2.05, 4.69) is 22.5 Å². The van der Waals surface area contributed by atoms with E-state index < -0.39 is 0 Å². The molecule has 0 spiro atoms. The van der Waals surface area contributed by atoms with Crippen LogP contribution in [0.5, 0.6) is 11.5 Å². The van der Waals surface area contributed by atoms with Crippen molar-refractivity contribution in [2.24, 2.45) is 0 Å². The van der Waals surface area contributed by atoms with E-state index in [-0.39, 0.29) is 18.1 Å². The number of hydrogen-bond donors (Lipinski definition) is 1. The quantitative estimate of drug-likeness (QED) is 0.630. The van der Waals surface area contributed by atoms with Crippen LogP contribution in [0.3, 0.4) is 0 Å². The smallest absolute Gasteiger partial charge is 0.258 e. The first-order chi connectivity index (χ1) is 14.8. The van der Waals surface area contributed by atoms with Gasteiger partial charge < -0.3 is 14.8 Å². The molecular weight excluding hydrogens is 390 g/mol. The van der Waals surface area contributed by atoms with Crippen LogP contribution in [0.25, 0.3) is 0 Å². The number of ether oxygens (including phenoxy) is 2. The summed E-state index contributed by atoms with van der Waals surface area (Å²) < 4.78 is 13.8. The van der Waals surface area contributed by atoms with Gasteiger partial charge in [-0.05, 0) is 39.3 Å². The Morgan fingerprint density at radius 1 is 1.16 bits per heavy atom. The molecule has 0 atom stereocenters. The lowest BCUT2D eigenvalue weighted by molar-refractivity contribution is -0.123. The number of benzene rings is 2. The number of hydrogen-bond acceptors (Lipinski definition) is 4. The Morgan fingerprint density at radius 2 is 1.94 bits per heavy atom. The highest BCUT2D eigenvalue weighted by Crippen LogP contribution is 2.41. The molecule has 4 rings (SSSR count). The fourth-order valence-electron chi connectivity index (χ4n) is 3.98. The van der Waals surface area contributed by atoms with Crippen molar-refractivity contribution < 1.29 is 14.3 Å². The van der Waals surface area contributed by atoms with Gasteiger partial charge in [0.25, 0.3) is 5.91 Å². The highest BCUT2D eigenvalue weighted by Gasteiger charge is 2.32.